The maximum absolute atomic E-state index is 13.0. The van der Waals surface area contributed by atoms with E-state index in [2.05, 4.69) is 9.71 Å². The highest BCUT2D eigenvalue weighted by atomic mass is 32.2. The average Bonchev–Trinajstić information content (AvgIpc) is 3.06. The van der Waals surface area contributed by atoms with Crippen molar-refractivity contribution < 1.29 is 21.6 Å². The molecule has 0 bridgehead atoms. The van der Waals surface area contributed by atoms with Gasteiger partial charge in [0, 0.05) is 5.56 Å². The Morgan fingerprint density at radius 3 is 2.16 bits per heavy atom. The summed E-state index contributed by atoms with van der Waals surface area (Å²) < 4.78 is 58.4. The fourth-order valence-corrected chi connectivity index (χ4v) is 3.40. The first-order valence-corrected chi connectivity index (χ1v) is 8.83. The van der Waals surface area contributed by atoms with Gasteiger partial charge in [-0.25, -0.2) is 22.2 Å². The molecule has 0 radical (unpaired) electrons. The summed E-state index contributed by atoms with van der Waals surface area (Å²) in [6.45, 7) is 1.57. The minimum Gasteiger partial charge on any atom is -0.439 e. The van der Waals surface area contributed by atoms with E-state index in [-0.39, 0.29) is 16.6 Å². The summed E-state index contributed by atoms with van der Waals surface area (Å²) in [5.74, 6) is -0.347. The largest absolute Gasteiger partial charge is 0.439 e. The van der Waals surface area contributed by atoms with Crippen LogP contribution >= 0.6 is 0 Å². The number of rotatable bonds is 5. The number of benzene rings is 2. The van der Waals surface area contributed by atoms with E-state index in [0.29, 0.717) is 11.3 Å². The number of sulfonamides is 1. The predicted octanol–water partition coefficient (Wildman–Crippen LogP) is 3.66. The van der Waals surface area contributed by atoms with Crippen molar-refractivity contribution in [1.82, 2.24) is 9.71 Å². The van der Waals surface area contributed by atoms with Gasteiger partial charge in [-0.2, -0.15) is 4.72 Å². The number of aromatic nitrogens is 1. The normalized spacial score (nSPS) is 12.9. The molecule has 3 rings (SSSR count). The summed E-state index contributed by atoms with van der Waals surface area (Å²) in [5.41, 5.74) is 0.619. The predicted molar refractivity (Wildman–Crippen MR) is 87.0 cm³/mol. The Kier molecular flexibility index (Phi) is 4.65. The van der Waals surface area contributed by atoms with Gasteiger partial charge < -0.3 is 4.42 Å². The van der Waals surface area contributed by atoms with Gasteiger partial charge >= 0.3 is 0 Å². The zero-order chi connectivity index (χ0) is 18.0. The van der Waals surface area contributed by atoms with Crippen molar-refractivity contribution in [3.05, 3.63) is 72.3 Å². The van der Waals surface area contributed by atoms with Gasteiger partial charge in [-0.1, -0.05) is 0 Å². The third kappa shape index (κ3) is 3.92. The quantitative estimate of drug-likeness (QED) is 0.750. The van der Waals surface area contributed by atoms with E-state index in [9.17, 15) is 17.2 Å². The Hall–Kier alpha value is -2.58. The van der Waals surface area contributed by atoms with Gasteiger partial charge in [-0.3, -0.25) is 0 Å². The van der Waals surface area contributed by atoms with E-state index in [1.54, 1.807) is 6.92 Å². The summed E-state index contributed by atoms with van der Waals surface area (Å²) >= 11 is 0. The molecule has 0 amide bonds. The zero-order valence-corrected chi connectivity index (χ0v) is 13.9. The topological polar surface area (TPSA) is 72.2 Å². The first kappa shape index (κ1) is 17.2. The van der Waals surface area contributed by atoms with Crippen LogP contribution in [0.5, 0.6) is 0 Å². The van der Waals surface area contributed by atoms with Crippen LogP contribution in [0.15, 0.2) is 64.0 Å². The molecule has 1 atom stereocenters. The van der Waals surface area contributed by atoms with Crippen molar-refractivity contribution in [2.45, 2.75) is 17.9 Å². The number of halogens is 2. The Balaban J connectivity index is 1.78. The molecular formula is C17H14F2N2O3S. The van der Waals surface area contributed by atoms with E-state index in [1.165, 1.54) is 42.6 Å². The molecule has 8 heteroatoms. The fraction of sp³-hybridized carbons (Fsp3) is 0.118. The van der Waals surface area contributed by atoms with Crippen molar-refractivity contribution in [2.24, 2.45) is 0 Å². The lowest BCUT2D eigenvalue weighted by Gasteiger charge is -2.11. The van der Waals surface area contributed by atoms with Crippen LogP contribution in [0.25, 0.3) is 11.3 Å². The highest BCUT2D eigenvalue weighted by Crippen LogP contribution is 2.24. The molecular weight excluding hydrogens is 350 g/mol. The smallest absolute Gasteiger partial charge is 0.241 e. The van der Waals surface area contributed by atoms with Crippen LogP contribution in [0.1, 0.15) is 18.9 Å². The van der Waals surface area contributed by atoms with Crippen molar-refractivity contribution in [1.29, 1.82) is 0 Å². The minimum absolute atomic E-state index is 0.0638. The van der Waals surface area contributed by atoms with Gasteiger partial charge in [0.15, 0.2) is 5.76 Å². The maximum atomic E-state index is 13.0. The maximum Gasteiger partial charge on any atom is 0.241 e. The van der Waals surface area contributed by atoms with E-state index in [4.69, 9.17) is 4.42 Å². The number of hydrogen-bond donors (Lipinski definition) is 1. The van der Waals surface area contributed by atoms with Crippen molar-refractivity contribution in [3.63, 3.8) is 0 Å². The number of hydrogen-bond acceptors (Lipinski definition) is 4. The van der Waals surface area contributed by atoms with Crippen LogP contribution in [0.4, 0.5) is 8.78 Å². The Bertz CT molecular complexity index is 968. The molecule has 1 N–H and O–H groups in total. The Morgan fingerprint density at radius 2 is 1.56 bits per heavy atom. The van der Waals surface area contributed by atoms with E-state index < -0.39 is 21.9 Å². The van der Waals surface area contributed by atoms with Gasteiger partial charge in [0.05, 0.1) is 17.1 Å². The standard InChI is InChI=1S/C17H14F2N2O3S/c1-11(21-25(22,23)15-8-6-14(19)7-9-15)17-20-10-16(24-17)12-2-4-13(18)5-3-12/h2-11,21H,1H3. The third-order valence-electron chi connectivity index (χ3n) is 3.48. The van der Waals surface area contributed by atoms with E-state index >= 15 is 0 Å². The highest BCUT2D eigenvalue weighted by molar-refractivity contribution is 7.89. The van der Waals surface area contributed by atoms with Gasteiger partial charge in [0.25, 0.3) is 0 Å². The molecule has 1 heterocycles. The molecule has 3 aromatic rings. The number of oxazole rings is 1. The lowest BCUT2D eigenvalue weighted by Crippen LogP contribution is -2.27. The van der Waals surface area contributed by atoms with Crippen molar-refractivity contribution in [2.75, 3.05) is 0 Å². The van der Waals surface area contributed by atoms with Gasteiger partial charge in [0.2, 0.25) is 15.9 Å². The van der Waals surface area contributed by atoms with Crippen molar-refractivity contribution in [3.8, 4) is 11.3 Å². The van der Waals surface area contributed by atoms with E-state index in [1.807, 2.05) is 0 Å². The van der Waals surface area contributed by atoms with Crippen LogP contribution in [0.2, 0.25) is 0 Å². The second kappa shape index (κ2) is 6.73. The lowest BCUT2D eigenvalue weighted by molar-refractivity contribution is 0.452. The van der Waals surface area contributed by atoms with Crippen LogP contribution in [0, 0.1) is 11.6 Å². The van der Waals surface area contributed by atoms with Crippen LogP contribution in [0.3, 0.4) is 0 Å². The van der Waals surface area contributed by atoms with Gasteiger partial charge in [-0.05, 0) is 55.5 Å². The third-order valence-corrected chi connectivity index (χ3v) is 5.04. The molecule has 25 heavy (non-hydrogen) atoms. The number of nitrogens with zero attached hydrogens (tertiary/aromatic N) is 1. The monoisotopic (exact) mass is 364 g/mol. The van der Waals surface area contributed by atoms with Gasteiger partial charge in [0.1, 0.15) is 11.6 Å². The van der Waals surface area contributed by atoms with Gasteiger partial charge in [-0.15, -0.1) is 0 Å². The van der Waals surface area contributed by atoms with Crippen LogP contribution < -0.4 is 4.72 Å². The second-order valence-electron chi connectivity index (χ2n) is 5.37. The SMILES string of the molecule is CC(NS(=O)(=O)c1ccc(F)cc1)c1ncc(-c2ccc(F)cc2)o1. The lowest BCUT2D eigenvalue weighted by atomic mass is 10.2. The van der Waals surface area contributed by atoms with Crippen LogP contribution in [-0.2, 0) is 10.0 Å². The molecule has 1 unspecified atom stereocenters. The zero-order valence-electron chi connectivity index (χ0n) is 13.1. The molecule has 0 aliphatic rings. The van der Waals surface area contributed by atoms with Crippen molar-refractivity contribution >= 4 is 10.0 Å². The number of nitrogens with one attached hydrogen (secondary N) is 1. The summed E-state index contributed by atoms with van der Waals surface area (Å²) in [4.78, 5) is 4.00. The molecule has 0 saturated heterocycles. The molecule has 0 fully saturated rings. The molecule has 0 aliphatic heterocycles. The Morgan fingerprint density at radius 1 is 1.00 bits per heavy atom. The molecule has 2 aromatic carbocycles. The molecule has 0 spiro atoms. The van der Waals surface area contributed by atoms with Crippen LogP contribution in [-0.4, -0.2) is 13.4 Å². The average molecular weight is 364 g/mol. The summed E-state index contributed by atoms with van der Waals surface area (Å²) in [6, 6.07) is 9.38. The second-order valence-corrected chi connectivity index (χ2v) is 7.08. The highest BCUT2D eigenvalue weighted by Gasteiger charge is 2.21. The van der Waals surface area contributed by atoms with E-state index in [0.717, 1.165) is 12.1 Å². The first-order valence-electron chi connectivity index (χ1n) is 7.35. The minimum atomic E-state index is -3.85. The Labute approximate surface area is 143 Å². The first-order chi connectivity index (χ1) is 11.8. The molecule has 130 valence electrons. The molecule has 5 nitrogen and oxygen atoms in total. The fourth-order valence-electron chi connectivity index (χ4n) is 2.20. The summed E-state index contributed by atoms with van der Waals surface area (Å²) in [5, 5.41) is 0. The molecule has 1 aromatic heterocycles. The molecule has 0 saturated carbocycles. The summed E-state index contributed by atoms with van der Waals surface area (Å²) in [6.07, 6.45) is 1.44. The summed E-state index contributed by atoms with van der Waals surface area (Å²) in [7, 11) is -3.85. The molecule has 0 aliphatic carbocycles.